The summed E-state index contributed by atoms with van der Waals surface area (Å²) in [6.45, 7) is 2.05. The SMILES string of the molecule is Cc1cc(C(=O)OCc2cccc(Cl)c2)c2ccccc2n1. The first-order valence-electron chi connectivity index (χ1n) is 6.91. The quantitative estimate of drug-likeness (QED) is 0.666. The van der Waals surface area contributed by atoms with Crippen molar-refractivity contribution in [3.8, 4) is 0 Å². The number of ether oxygens (including phenoxy) is 1. The lowest BCUT2D eigenvalue weighted by Gasteiger charge is -2.09. The Morgan fingerprint density at radius 2 is 1.95 bits per heavy atom. The van der Waals surface area contributed by atoms with E-state index in [0.717, 1.165) is 22.2 Å². The molecule has 110 valence electrons. The maximum atomic E-state index is 12.4. The third-order valence-corrected chi connectivity index (χ3v) is 3.56. The maximum absolute atomic E-state index is 12.4. The summed E-state index contributed by atoms with van der Waals surface area (Å²) in [5.41, 5.74) is 2.96. The molecule has 0 aliphatic heterocycles. The smallest absolute Gasteiger partial charge is 0.339 e. The van der Waals surface area contributed by atoms with Crippen LogP contribution >= 0.6 is 11.6 Å². The number of fused-ring (bicyclic) bond motifs is 1. The van der Waals surface area contributed by atoms with Gasteiger partial charge < -0.3 is 4.74 Å². The highest BCUT2D eigenvalue weighted by molar-refractivity contribution is 6.30. The highest BCUT2D eigenvalue weighted by Gasteiger charge is 2.13. The van der Waals surface area contributed by atoms with Crippen molar-refractivity contribution in [3.05, 3.63) is 76.4 Å². The van der Waals surface area contributed by atoms with Crippen molar-refractivity contribution < 1.29 is 9.53 Å². The number of esters is 1. The minimum absolute atomic E-state index is 0.190. The number of hydrogen-bond donors (Lipinski definition) is 0. The summed E-state index contributed by atoms with van der Waals surface area (Å²) < 4.78 is 5.41. The number of pyridine rings is 1. The largest absolute Gasteiger partial charge is 0.457 e. The lowest BCUT2D eigenvalue weighted by Crippen LogP contribution is -2.07. The van der Waals surface area contributed by atoms with Crippen molar-refractivity contribution >= 4 is 28.5 Å². The number of para-hydroxylation sites is 1. The predicted molar refractivity (Wildman–Crippen MR) is 87.1 cm³/mol. The normalized spacial score (nSPS) is 10.6. The third kappa shape index (κ3) is 3.10. The summed E-state index contributed by atoms with van der Waals surface area (Å²) >= 11 is 5.93. The number of nitrogens with zero attached hydrogens (tertiary/aromatic N) is 1. The number of carbonyl (C=O) groups excluding carboxylic acids is 1. The van der Waals surface area contributed by atoms with Crippen molar-refractivity contribution in [2.75, 3.05) is 0 Å². The van der Waals surface area contributed by atoms with Gasteiger partial charge in [-0.2, -0.15) is 0 Å². The van der Waals surface area contributed by atoms with Crippen LogP contribution in [0.4, 0.5) is 0 Å². The summed E-state index contributed by atoms with van der Waals surface area (Å²) in [6, 6.07) is 16.6. The number of hydrogen-bond acceptors (Lipinski definition) is 3. The average Bonchev–Trinajstić information content (AvgIpc) is 2.52. The molecule has 22 heavy (non-hydrogen) atoms. The molecule has 0 spiro atoms. The average molecular weight is 312 g/mol. The molecule has 3 aromatic rings. The van der Waals surface area contributed by atoms with Crippen LogP contribution in [0.15, 0.2) is 54.6 Å². The minimum Gasteiger partial charge on any atom is -0.457 e. The van der Waals surface area contributed by atoms with Crippen LogP contribution in [0.3, 0.4) is 0 Å². The molecule has 4 heteroatoms. The Hall–Kier alpha value is -2.39. The van der Waals surface area contributed by atoms with Crippen LogP contribution in [-0.4, -0.2) is 11.0 Å². The highest BCUT2D eigenvalue weighted by atomic mass is 35.5. The summed E-state index contributed by atoms with van der Waals surface area (Å²) in [7, 11) is 0. The Kier molecular flexibility index (Phi) is 4.07. The summed E-state index contributed by atoms with van der Waals surface area (Å²) in [6.07, 6.45) is 0. The lowest BCUT2D eigenvalue weighted by atomic mass is 10.1. The van der Waals surface area contributed by atoms with E-state index in [0.29, 0.717) is 10.6 Å². The van der Waals surface area contributed by atoms with Crippen LogP contribution in [0.1, 0.15) is 21.6 Å². The Morgan fingerprint density at radius 3 is 2.77 bits per heavy atom. The molecule has 0 bridgehead atoms. The molecule has 1 aromatic heterocycles. The van der Waals surface area contributed by atoms with Crippen LogP contribution in [0.5, 0.6) is 0 Å². The number of carbonyl (C=O) groups is 1. The summed E-state index contributed by atoms with van der Waals surface area (Å²) in [5, 5.41) is 1.42. The Bertz CT molecular complexity index is 845. The van der Waals surface area contributed by atoms with Gasteiger partial charge in [0.1, 0.15) is 6.61 Å². The zero-order chi connectivity index (χ0) is 15.5. The van der Waals surface area contributed by atoms with E-state index in [1.165, 1.54) is 0 Å². The van der Waals surface area contributed by atoms with Crippen LogP contribution in [0, 0.1) is 6.92 Å². The van der Waals surface area contributed by atoms with Crippen molar-refractivity contribution in [1.29, 1.82) is 0 Å². The summed E-state index contributed by atoms with van der Waals surface area (Å²) in [5.74, 6) is -0.360. The van der Waals surface area contributed by atoms with E-state index in [1.807, 2.05) is 43.3 Å². The molecule has 0 saturated heterocycles. The third-order valence-electron chi connectivity index (χ3n) is 3.32. The molecule has 0 aliphatic carbocycles. The van der Waals surface area contributed by atoms with Crippen LogP contribution in [0.25, 0.3) is 10.9 Å². The monoisotopic (exact) mass is 311 g/mol. The topological polar surface area (TPSA) is 39.2 Å². The molecular formula is C18H14ClNO2. The van der Waals surface area contributed by atoms with Gasteiger partial charge in [0, 0.05) is 16.1 Å². The zero-order valence-electron chi connectivity index (χ0n) is 12.0. The second-order valence-electron chi connectivity index (χ2n) is 5.03. The van der Waals surface area contributed by atoms with Gasteiger partial charge in [0.2, 0.25) is 0 Å². The number of rotatable bonds is 3. The van der Waals surface area contributed by atoms with E-state index in [9.17, 15) is 4.79 Å². The van der Waals surface area contributed by atoms with Crippen molar-refractivity contribution in [3.63, 3.8) is 0 Å². The van der Waals surface area contributed by atoms with Gasteiger partial charge in [-0.15, -0.1) is 0 Å². The first-order chi connectivity index (χ1) is 10.6. The molecule has 0 saturated carbocycles. The van der Waals surface area contributed by atoms with Gasteiger partial charge >= 0.3 is 5.97 Å². The fourth-order valence-electron chi connectivity index (χ4n) is 2.33. The Labute approximate surface area is 133 Å². The highest BCUT2D eigenvalue weighted by Crippen LogP contribution is 2.20. The fraction of sp³-hybridized carbons (Fsp3) is 0.111. The molecule has 0 unspecified atom stereocenters. The Morgan fingerprint density at radius 1 is 1.14 bits per heavy atom. The first kappa shape index (κ1) is 14.5. The van der Waals surface area contributed by atoms with Crippen molar-refractivity contribution in [1.82, 2.24) is 4.98 Å². The summed E-state index contributed by atoms with van der Waals surface area (Å²) in [4.78, 5) is 16.8. The van der Waals surface area contributed by atoms with E-state index >= 15 is 0 Å². The van der Waals surface area contributed by atoms with Crippen LogP contribution < -0.4 is 0 Å². The minimum atomic E-state index is -0.360. The lowest BCUT2D eigenvalue weighted by molar-refractivity contribution is 0.0475. The molecule has 0 amide bonds. The predicted octanol–water partition coefficient (Wildman–Crippen LogP) is 4.55. The first-order valence-corrected chi connectivity index (χ1v) is 7.29. The molecule has 0 aliphatic rings. The van der Waals surface area contributed by atoms with Crippen LogP contribution in [-0.2, 0) is 11.3 Å². The van der Waals surface area contributed by atoms with Crippen LogP contribution in [0.2, 0.25) is 5.02 Å². The van der Waals surface area contributed by atoms with Crippen molar-refractivity contribution in [2.24, 2.45) is 0 Å². The molecule has 3 nitrogen and oxygen atoms in total. The van der Waals surface area contributed by atoms with E-state index < -0.39 is 0 Å². The van der Waals surface area contributed by atoms with E-state index in [1.54, 1.807) is 18.2 Å². The molecule has 3 rings (SSSR count). The van der Waals surface area contributed by atoms with Gasteiger partial charge in [0.15, 0.2) is 0 Å². The molecule has 0 fully saturated rings. The van der Waals surface area contributed by atoms with E-state index in [4.69, 9.17) is 16.3 Å². The molecule has 0 atom stereocenters. The van der Waals surface area contributed by atoms with Gasteiger partial charge in [0.05, 0.1) is 11.1 Å². The van der Waals surface area contributed by atoms with Gasteiger partial charge in [-0.05, 0) is 36.8 Å². The standard InChI is InChI=1S/C18H14ClNO2/c1-12-9-16(15-7-2-3-8-17(15)20-12)18(21)22-11-13-5-4-6-14(19)10-13/h2-10H,11H2,1H3. The zero-order valence-corrected chi connectivity index (χ0v) is 12.8. The number of aromatic nitrogens is 1. The number of benzene rings is 2. The van der Waals surface area contributed by atoms with Gasteiger partial charge in [-0.25, -0.2) is 4.79 Å². The van der Waals surface area contributed by atoms with Gasteiger partial charge in [-0.3, -0.25) is 4.98 Å². The molecule has 1 heterocycles. The molecule has 2 aromatic carbocycles. The second-order valence-corrected chi connectivity index (χ2v) is 5.47. The molecular weight excluding hydrogens is 298 g/mol. The second kappa shape index (κ2) is 6.16. The molecule has 0 N–H and O–H groups in total. The fourth-order valence-corrected chi connectivity index (χ4v) is 2.54. The van der Waals surface area contributed by atoms with E-state index in [2.05, 4.69) is 4.98 Å². The number of halogens is 1. The van der Waals surface area contributed by atoms with Crippen molar-refractivity contribution in [2.45, 2.75) is 13.5 Å². The van der Waals surface area contributed by atoms with Gasteiger partial charge in [0.25, 0.3) is 0 Å². The maximum Gasteiger partial charge on any atom is 0.339 e. The van der Waals surface area contributed by atoms with E-state index in [-0.39, 0.29) is 12.6 Å². The molecule has 0 radical (unpaired) electrons. The Balaban J connectivity index is 1.86. The number of aryl methyl sites for hydroxylation is 1. The van der Waals surface area contributed by atoms with Gasteiger partial charge in [-0.1, -0.05) is 41.9 Å².